The summed E-state index contributed by atoms with van der Waals surface area (Å²) in [6.45, 7) is 7.76. The van der Waals surface area contributed by atoms with Gasteiger partial charge in [0.1, 0.15) is 10.5 Å². The summed E-state index contributed by atoms with van der Waals surface area (Å²) in [5.41, 5.74) is 0.873. The zero-order valence-electron chi connectivity index (χ0n) is 17.9. The van der Waals surface area contributed by atoms with Gasteiger partial charge in [-0.2, -0.15) is 0 Å². The number of sulfone groups is 1. The van der Waals surface area contributed by atoms with Crippen LogP contribution in [0.4, 0.5) is 0 Å². The Morgan fingerprint density at radius 1 is 1.13 bits per heavy atom. The van der Waals surface area contributed by atoms with E-state index in [4.69, 9.17) is 0 Å². The molecule has 0 saturated carbocycles. The monoisotopic (exact) mass is 466 g/mol. The van der Waals surface area contributed by atoms with Gasteiger partial charge < -0.3 is 10.2 Å². The maximum absolute atomic E-state index is 13.8. The van der Waals surface area contributed by atoms with Crippen molar-refractivity contribution in [1.29, 1.82) is 0 Å². The molecule has 0 spiro atoms. The number of benzene rings is 1. The lowest BCUT2D eigenvalue weighted by Crippen LogP contribution is -2.62. The molecule has 164 valence electrons. The molecule has 0 aliphatic carbocycles. The van der Waals surface area contributed by atoms with Crippen molar-refractivity contribution >= 4 is 35.2 Å². The molecule has 1 aromatic heterocycles. The molecular formula is C22H30O5S2Si. The fraction of sp³-hybridized carbons (Fsp3) is 0.500. The first kappa shape index (κ1) is 23.0. The van der Waals surface area contributed by atoms with Crippen molar-refractivity contribution in [3.63, 3.8) is 0 Å². The van der Waals surface area contributed by atoms with Crippen LogP contribution >= 0.6 is 11.3 Å². The lowest BCUT2D eigenvalue weighted by atomic mass is 9.82. The first-order valence-electron chi connectivity index (χ1n) is 10.3. The summed E-state index contributed by atoms with van der Waals surface area (Å²) >= 11 is 1.37. The molecule has 5 nitrogen and oxygen atoms in total. The van der Waals surface area contributed by atoms with Gasteiger partial charge in [0.25, 0.3) is 0 Å². The Kier molecular flexibility index (Phi) is 5.99. The van der Waals surface area contributed by atoms with Crippen LogP contribution in [0, 0.1) is 0 Å². The maximum Gasteiger partial charge on any atom is 0.308 e. The van der Waals surface area contributed by atoms with Crippen molar-refractivity contribution < 1.29 is 23.4 Å². The number of hydrogen-bond acceptors (Lipinski definition) is 5. The van der Waals surface area contributed by atoms with Crippen LogP contribution in [0.3, 0.4) is 0 Å². The summed E-state index contributed by atoms with van der Waals surface area (Å²) in [4.78, 5) is 14.4. The van der Waals surface area contributed by atoms with Crippen LogP contribution in [0.2, 0.25) is 24.7 Å². The number of phenolic OH excluding ortho intramolecular Hbond substituents is 1. The van der Waals surface area contributed by atoms with E-state index in [2.05, 4.69) is 0 Å². The molecule has 1 aliphatic rings. The predicted molar refractivity (Wildman–Crippen MR) is 125 cm³/mol. The SMILES string of the molecule is CCC(C(=O)O)([C@]1(c2ccc(-c3ccc(O)cc3)s2)CCCCS1(=O)=O)[Si](C)(C)C. The molecule has 1 unspecified atom stereocenters. The molecule has 1 aliphatic heterocycles. The normalized spacial score (nSPS) is 23.6. The number of aromatic hydroxyl groups is 1. The molecule has 0 bridgehead atoms. The molecule has 1 aromatic carbocycles. The first-order valence-corrected chi connectivity index (χ1v) is 16.3. The molecule has 3 rings (SSSR count). The van der Waals surface area contributed by atoms with E-state index in [0.29, 0.717) is 24.1 Å². The second kappa shape index (κ2) is 7.80. The summed E-state index contributed by atoms with van der Waals surface area (Å²) in [6, 6.07) is 10.5. The molecule has 2 aromatic rings. The zero-order valence-corrected chi connectivity index (χ0v) is 20.6. The Bertz CT molecular complexity index is 1040. The molecule has 1 fully saturated rings. The predicted octanol–water partition coefficient (Wildman–Crippen LogP) is 5.49. The van der Waals surface area contributed by atoms with E-state index in [1.165, 1.54) is 11.3 Å². The lowest BCUT2D eigenvalue weighted by Gasteiger charge is -2.54. The van der Waals surface area contributed by atoms with E-state index in [-0.39, 0.29) is 17.9 Å². The van der Waals surface area contributed by atoms with Crippen LogP contribution < -0.4 is 0 Å². The summed E-state index contributed by atoms with van der Waals surface area (Å²) in [5, 5.41) is 18.8. The van der Waals surface area contributed by atoms with Gasteiger partial charge >= 0.3 is 5.97 Å². The Balaban J connectivity index is 2.33. The third-order valence-electron chi connectivity index (χ3n) is 6.74. The fourth-order valence-corrected chi connectivity index (χ4v) is 14.2. The minimum atomic E-state index is -3.69. The van der Waals surface area contributed by atoms with Gasteiger partial charge in [0.15, 0.2) is 9.84 Å². The molecule has 1 saturated heterocycles. The van der Waals surface area contributed by atoms with E-state index in [9.17, 15) is 23.4 Å². The minimum Gasteiger partial charge on any atom is -0.508 e. The highest BCUT2D eigenvalue weighted by Crippen LogP contribution is 2.64. The molecule has 2 heterocycles. The van der Waals surface area contributed by atoms with Crippen molar-refractivity contribution in [3.8, 4) is 16.2 Å². The Morgan fingerprint density at radius 3 is 2.27 bits per heavy atom. The largest absolute Gasteiger partial charge is 0.508 e. The van der Waals surface area contributed by atoms with Gasteiger partial charge in [-0.3, -0.25) is 4.79 Å². The molecule has 2 atom stereocenters. The molecule has 0 amide bonds. The molecule has 2 N–H and O–H groups in total. The van der Waals surface area contributed by atoms with E-state index in [1.807, 2.05) is 38.7 Å². The summed E-state index contributed by atoms with van der Waals surface area (Å²) in [6.07, 6.45) is 1.90. The molecule has 8 heteroatoms. The van der Waals surface area contributed by atoms with E-state index >= 15 is 0 Å². The number of hydrogen-bond donors (Lipinski definition) is 2. The first-order chi connectivity index (χ1) is 13.9. The number of thiophene rings is 1. The van der Waals surface area contributed by atoms with Gasteiger partial charge in [0.05, 0.1) is 18.9 Å². The van der Waals surface area contributed by atoms with Crippen molar-refractivity contribution in [3.05, 3.63) is 41.3 Å². The topological polar surface area (TPSA) is 91.7 Å². The second-order valence-corrected chi connectivity index (χ2v) is 17.9. The third kappa shape index (κ3) is 3.24. The maximum atomic E-state index is 13.8. The summed E-state index contributed by atoms with van der Waals surface area (Å²) in [5.74, 6) is -0.801. The molecular weight excluding hydrogens is 436 g/mol. The van der Waals surface area contributed by atoms with Crippen molar-refractivity contribution in [1.82, 2.24) is 0 Å². The highest BCUT2D eigenvalue weighted by molar-refractivity contribution is 7.92. The van der Waals surface area contributed by atoms with Crippen LogP contribution in [-0.4, -0.2) is 38.4 Å². The fourth-order valence-electron chi connectivity index (χ4n) is 5.36. The Morgan fingerprint density at radius 2 is 1.77 bits per heavy atom. The smallest absolute Gasteiger partial charge is 0.308 e. The summed E-state index contributed by atoms with van der Waals surface area (Å²) in [7, 11) is -6.20. The minimum absolute atomic E-state index is 0.0267. The van der Waals surface area contributed by atoms with Crippen molar-refractivity contribution in [2.24, 2.45) is 0 Å². The van der Waals surface area contributed by atoms with E-state index < -0.39 is 33.7 Å². The van der Waals surface area contributed by atoms with Gasteiger partial charge in [-0.1, -0.05) is 33.0 Å². The van der Waals surface area contributed by atoms with Gasteiger partial charge in [0, 0.05) is 9.75 Å². The number of aliphatic carboxylic acids is 1. The van der Waals surface area contributed by atoms with Crippen LogP contribution in [-0.2, 0) is 19.4 Å². The lowest BCUT2D eigenvalue weighted by molar-refractivity contribution is -0.142. The average Bonchev–Trinajstić information content (AvgIpc) is 3.13. The average molecular weight is 467 g/mol. The number of carboxylic acid groups (broad SMARTS) is 1. The quantitative estimate of drug-likeness (QED) is 0.549. The highest BCUT2D eigenvalue weighted by atomic mass is 32.2. The van der Waals surface area contributed by atoms with Crippen LogP contribution in [0.25, 0.3) is 10.4 Å². The van der Waals surface area contributed by atoms with Gasteiger partial charge in [-0.05, 0) is 61.2 Å². The third-order valence-corrected chi connectivity index (χ3v) is 14.6. The molecule has 0 radical (unpaired) electrons. The highest BCUT2D eigenvalue weighted by Gasteiger charge is 2.69. The van der Waals surface area contributed by atoms with Crippen molar-refractivity contribution in [2.45, 2.75) is 62.0 Å². The zero-order chi connectivity index (χ0) is 22.4. The molecule has 30 heavy (non-hydrogen) atoms. The van der Waals surface area contributed by atoms with Gasteiger partial charge in [0.2, 0.25) is 0 Å². The van der Waals surface area contributed by atoms with Crippen molar-refractivity contribution in [2.75, 3.05) is 5.75 Å². The number of rotatable bonds is 6. The van der Waals surface area contributed by atoms with E-state index in [0.717, 1.165) is 10.4 Å². The van der Waals surface area contributed by atoms with Crippen LogP contribution in [0.15, 0.2) is 36.4 Å². The number of carbonyl (C=O) groups is 1. The van der Waals surface area contributed by atoms with Gasteiger partial charge in [-0.15, -0.1) is 11.3 Å². The second-order valence-electron chi connectivity index (χ2n) is 9.13. The van der Waals surface area contributed by atoms with Crippen LogP contribution in [0.1, 0.15) is 37.5 Å². The van der Waals surface area contributed by atoms with Crippen LogP contribution in [0.5, 0.6) is 5.75 Å². The summed E-state index contributed by atoms with van der Waals surface area (Å²) < 4.78 is 26.2. The van der Waals surface area contributed by atoms with E-state index in [1.54, 1.807) is 24.3 Å². The standard InChI is InChI=1S/C22H30O5S2Si/c1-5-22(20(24)25,30(2,3)4)21(14-6-7-15-29(21,26)27)19-13-12-18(28-19)16-8-10-17(23)11-9-16/h8-13,23H,5-7,14-15H2,1-4H3,(H,24,25)/t21-,22?/m1/s1. The number of phenols is 1. The Hall–Kier alpha value is -1.64. The van der Waals surface area contributed by atoms with Gasteiger partial charge in [-0.25, -0.2) is 8.42 Å². The number of carboxylic acids is 1. The Labute approximate surface area is 183 Å².